The topological polar surface area (TPSA) is 12.0 Å². The zero-order valence-electron chi connectivity index (χ0n) is 13.4. The Morgan fingerprint density at radius 1 is 1.20 bits per heavy atom. The van der Waals surface area contributed by atoms with E-state index in [0.29, 0.717) is 12.0 Å². The van der Waals surface area contributed by atoms with Crippen molar-refractivity contribution in [2.75, 3.05) is 6.54 Å². The normalized spacial score (nSPS) is 26.1. The van der Waals surface area contributed by atoms with Crippen LogP contribution in [-0.4, -0.2) is 12.6 Å². The second kappa shape index (κ2) is 7.83. The Hall–Kier alpha value is -0.820. The minimum atomic E-state index is 0.609. The number of hydrogen-bond donors (Lipinski definition) is 1. The first-order valence-electron chi connectivity index (χ1n) is 8.50. The van der Waals surface area contributed by atoms with Gasteiger partial charge in [-0.25, -0.2) is 0 Å². The summed E-state index contributed by atoms with van der Waals surface area (Å²) in [6.45, 7) is 8.24. The summed E-state index contributed by atoms with van der Waals surface area (Å²) in [4.78, 5) is 0. The molecule has 2 rings (SSSR count). The Kier molecular flexibility index (Phi) is 6.09. The van der Waals surface area contributed by atoms with E-state index >= 15 is 0 Å². The molecule has 0 radical (unpaired) electrons. The van der Waals surface area contributed by atoms with Gasteiger partial charge in [0.2, 0.25) is 0 Å². The van der Waals surface area contributed by atoms with Crippen LogP contribution in [0.25, 0.3) is 0 Å². The maximum Gasteiger partial charge on any atom is 0.0161 e. The molecule has 1 aromatic carbocycles. The quantitative estimate of drug-likeness (QED) is 0.770. The van der Waals surface area contributed by atoms with Crippen molar-refractivity contribution in [2.45, 2.75) is 64.8 Å². The van der Waals surface area contributed by atoms with Crippen LogP contribution in [-0.2, 0) is 0 Å². The molecule has 0 saturated heterocycles. The zero-order valence-corrected chi connectivity index (χ0v) is 13.4. The highest BCUT2D eigenvalue weighted by atomic mass is 14.9. The molecule has 112 valence electrons. The fraction of sp³-hybridized carbons (Fsp3) is 0.684. The van der Waals surface area contributed by atoms with Crippen LogP contribution in [0.4, 0.5) is 0 Å². The summed E-state index contributed by atoms with van der Waals surface area (Å²) in [5.41, 5.74) is 1.49. The third kappa shape index (κ3) is 4.09. The van der Waals surface area contributed by atoms with E-state index in [1.165, 1.54) is 37.7 Å². The average Bonchev–Trinajstić information content (AvgIpc) is 2.48. The van der Waals surface area contributed by atoms with Gasteiger partial charge in [-0.3, -0.25) is 0 Å². The van der Waals surface area contributed by atoms with Crippen LogP contribution in [0.5, 0.6) is 0 Å². The SMILES string of the molecule is CCCNC(C1CCCC(C)C1)C(C)c1ccccc1. The Labute approximate surface area is 125 Å². The fourth-order valence-corrected chi connectivity index (χ4v) is 3.83. The molecule has 4 atom stereocenters. The molecule has 20 heavy (non-hydrogen) atoms. The lowest BCUT2D eigenvalue weighted by Crippen LogP contribution is -2.42. The molecule has 1 fully saturated rings. The van der Waals surface area contributed by atoms with Crippen molar-refractivity contribution in [3.63, 3.8) is 0 Å². The van der Waals surface area contributed by atoms with Crippen molar-refractivity contribution in [3.05, 3.63) is 35.9 Å². The molecule has 0 amide bonds. The molecule has 0 aliphatic heterocycles. The highest BCUT2D eigenvalue weighted by Crippen LogP contribution is 2.35. The average molecular weight is 273 g/mol. The molecule has 1 heteroatoms. The van der Waals surface area contributed by atoms with Crippen molar-refractivity contribution in [2.24, 2.45) is 11.8 Å². The van der Waals surface area contributed by atoms with E-state index in [0.717, 1.165) is 18.4 Å². The number of benzene rings is 1. The molecule has 1 saturated carbocycles. The van der Waals surface area contributed by atoms with Gasteiger partial charge in [-0.15, -0.1) is 0 Å². The van der Waals surface area contributed by atoms with Crippen molar-refractivity contribution >= 4 is 0 Å². The monoisotopic (exact) mass is 273 g/mol. The Morgan fingerprint density at radius 3 is 2.60 bits per heavy atom. The molecule has 1 nitrogen and oxygen atoms in total. The summed E-state index contributed by atoms with van der Waals surface area (Å²) >= 11 is 0. The lowest BCUT2D eigenvalue weighted by atomic mass is 9.74. The van der Waals surface area contributed by atoms with Crippen LogP contribution in [0.1, 0.15) is 64.4 Å². The second-order valence-electron chi connectivity index (χ2n) is 6.71. The maximum absolute atomic E-state index is 3.86. The van der Waals surface area contributed by atoms with E-state index < -0.39 is 0 Å². The molecule has 1 aromatic rings. The summed E-state index contributed by atoms with van der Waals surface area (Å²) in [6, 6.07) is 11.7. The molecule has 1 N–H and O–H groups in total. The number of rotatable bonds is 6. The van der Waals surface area contributed by atoms with Gasteiger partial charge in [0.15, 0.2) is 0 Å². The minimum Gasteiger partial charge on any atom is -0.313 e. The van der Waals surface area contributed by atoms with Gasteiger partial charge in [-0.05, 0) is 49.1 Å². The zero-order chi connectivity index (χ0) is 14.4. The van der Waals surface area contributed by atoms with Crippen LogP contribution in [0.3, 0.4) is 0 Å². The van der Waals surface area contributed by atoms with Gasteiger partial charge < -0.3 is 5.32 Å². The summed E-state index contributed by atoms with van der Waals surface area (Å²) in [5.74, 6) is 2.36. The van der Waals surface area contributed by atoms with Crippen LogP contribution in [0.15, 0.2) is 30.3 Å². The van der Waals surface area contributed by atoms with Crippen molar-refractivity contribution < 1.29 is 0 Å². The maximum atomic E-state index is 3.86. The first kappa shape index (κ1) is 15.6. The molecule has 1 aliphatic carbocycles. The van der Waals surface area contributed by atoms with Crippen molar-refractivity contribution in [1.82, 2.24) is 5.32 Å². The van der Waals surface area contributed by atoms with Gasteiger partial charge in [0, 0.05) is 6.04 Å². The first-order valence-corrected chi connectivity index (χ1v) is 8.50. The van der Waals surface area contributed by atoms with Crippen LogP contribution < -0.4 is 5.32 Å². The molecule has 0 bridgehead atoms. The molecule has 4 unspecified atom stereocenters. The summed E-state index contributed by atoms with van der Waals surface area (Å²) in [6.07, 6.45) is 6.87. The Balaban J connectivity index is 2.09. The van der Waals surface area contributed by atoms with Gasteiger partial charge in [0.25, 0.3) is 0 Å². The van der Waals surface area contributed by atoms with Crippen LogP contribution >= 0.6 is 0 Å². The van der Waals surface area contributed by atoms with Crippen molar-refractivity contribution in [3.8, 4) is 0 Å². The predicted octanol–water partition coefficient (Wildman–Crippen LogP) is 4.98. The molecule has 0 aromatic heterocycles. The first-order chi connectivity index (χ1) is 9.72. The molecular formula is C19H31N. The van der Waals surface area contributed by atoms with Crippen LogP contribution in [0, 0.1) is 11.8 Å². The molecule has 1 aliphatic rings. The summed E-state index contributed by atoms with van der Waals surface area (Å²) < 4.78 is 0. The summed E-state index contributed by atoms with van der Waals surface area (Å²) in [7, 11) is 0. The number of hydrogen-bond acceptors (Lipinski definition) is 1. The standard InChI is InChI=1S/C19H31N/c1-4-13-20-19(18-12-8-9-15(2)14-18)16(3)17-10-6-5-7-11-17/h5-7,10-11,15-16,18-20H,4,8-9,12-14H2,1-3H3. The van der Waals surface area contributed by atoms with Crippen LogP contribution in [0.2, 0.25) is 0 Å². The number of nitrogens with one attached hydrogen (secondary N) is 1. The van der Waals surface area contributed by atoms with Gasteiger partial charge in [-0.2, -0.15) is 0 Å². The second-order valence-corrected chi connectivity index (χ2v) is 6.71. The Bertz CT molecular complexity index is 373. The smallest absolute Gasteiger partial charge is 0.0161 e. The van der Waals surface area contributed by atoms with Gasteiger partial charge in [-0.1, -0.05) is 63.9 Å². The molecule has 0 heterocycles. The largest absolute Gasteiger partial charge is 0.313 e. The lowest BCUT2D eigenvalue weighted by Gasteiger charge is -2.37. The van der Waals surface area contributed by atoms with Gasteiger partial charge >= 0.3 is 0 Å². The van der Waals surface area contributed by atoms with Crippen molar-refractivity contribution in [1.29, 1.82) is 0 Å². The van der Waals surface area contributed by atoms with Gasteiger partial charge in [0.05, 0.1) is 0 Å². The highest BCUT2D eigenvalue weighted by molar-refractivity contribution is 5.21. The van der Waals surface area contributed by atoms with E-state index in [1.807, 2.05) is 0 Å². The molecule has 0 spiro atoms. The molecular weight excluding hydrogens is 242 g/mol. The van der Waals surface area contributed by atoms with E-state index in [4.69, 9.17) is 0 Å². The highest BCUT2D eigenvalue weighted by Gasteiger charge is 2.30. The fourth-order valence-electron chi connectivity index (χ4n) is 3.83. The van der Waals surface area contributed by atoms with E-state index in [9.17, 15) is 0 Å². The van der Waals surface area contributed by atoms with Gasteiger partial charge in [0.1, 0.15) is 0 Å². The predicted molar refractivity (Wildman–Crippen MR) is 88.1 cm³/mol. The van der Waals surface area contributed by atoms with E-state index in [-0.39, 0.29) is 0 Å². The van der Waals surface area contributed by atoms with E-state index in [1.54, 1.807) is 0 Å². The lowest BCUT2D eigenvalue weighted by molar-refractivity contribution is 0.205. The Morgan fingerprint density at radius 2 is 1.95 bits per heavy atom. The third-order valence-electron chi connectivity index (χ3n) is 4.98. The third-order valence-corrected chi connectivity index (χ3v) is 4.98. The van der Waals surface area contributed by atoms with E-state index in [2.05, 4.69) is 56.4 Å². The minimum absolute atomic E-state index is 0.609. The summed E-state index contributed by atoms with van der Waals surface area (Å²) in [5, 5.41) is 3.86.